The van der Waals surface area contributed by atoms with Crippen molar-refractivity contribution < 1.29 is 0 Å². The fraction of sp³-hybridized carbons (Fsp3) is 0. The van der Waals surface area contributed by atoms with Crippen LogP contribution >= 0.6 is 22.7 Å². The van der Waals surface area contributed by atoms with Gasteiger partial charge in [-0.15, -0.1) is 22.7 Å². The van der Waals surface area contributed by atoms with E-state index in [2.05, 4.69) is 217 Å². The second-order valence-corrected chi connectivity index (χ2v) is 16.6. The maximum absolute atomic E-state index is 2.48. The smallest absolute Gasteiger partial charge is 0.0640 e. The summed E-state index contributed by atoms with van der Waals surface area (Å²) in [5, 5.41) is 5.21. The molecule has 11 rings (SSSR count). The molecule has 2 heterocycles. The number of hydrogen-bond donors (Lipinski definition) is 0. The highest BCUT2D eigenvalue weighted by Gasteiger charge is 2.22. The first kappa shape index (κ1) is 33.5. The molecule has 9 aromatic carbocycles. The van der Waals surface area contributed by atoms with Crippen molar-refractivity contribution in [3.63, 3.8) is 0 Å². The van der Waals surface area contributed by atoms with Crippen LogP contribution in [-0.2, 0) is 0 Å². The quantitative estimate of drug-likeness (QED) is 0.156. The zero-order chi connectivity index (χ0) is 37.7. The minimum absolute atomic E-state index is 1.11. The lowest BCUT2D eigenvalue weighted by molar-refractivity contribution is 1.30. The number of anilines is 3. The van der Waals surface area contributed by atoms with Crippen LogP contribution in [0.15, 0.2) is 212 Å². The maximum atomic E-state index is 2.48. The molecule has 268 valence electrons. The average Bonchev–Trinajstić information content (AvgIpc) is 3.87. The van der Waals surface area contributed by atoms with E-state index in [1.807, 2.05) is 22.7 Å². The minimum atomic E-state index is 1.11. The van der Waals surface area contributed by atoms with Crippen LogP contribution in [0.25, 0.3) is 84.9 Å². The third-order valence-electron chi connectivity index (χ3n) is 11.1. The highest BCUT2D eigenvalue weighted by Crippen LogP contribution is 2.49. The zero-order valence-corrected chi connectivity index (χ0v) is 32.6. The van der Waals surface area contributed by atoms with Gasteiger partial charge in [-0.3, -0.25) is 0 Å². The van der Waals surface area contributed by atoms with Crippen LogP contribution in [0.1, 0.15) is 0 Å². The molecule has 0 aliphatic carbocycles. The molecule has 1 nitrogen and oxygen atoms in total. The summed E-state index contributed by atoms with van der Waals surface area (Å²) >= 11 is 3.74. The molecule has 0 radical (unpaired) electrons. The topological polar surface area (TPSA) is 3.24 Å². The SMILES string of the molecule is c1ccc(-c2cc(-c3ccccc3)cc(N(c3ccc(-c4ccc5sc6ccccc6c5c4)cc3)c3ccc(-c4ccccc4)c4c3sc3ccccc34)c2)cc1. The van der Waals surface area contributed by atoms with E-state index < -0.39 is 0 Å². The van der Waals surface area contributed by atoms with Gasteiger partial charge >= 0.3 is 0 Å². The molecular weight excluding hydrogens is 727 g/mol. The van der Waals surface area contributed by atoms with Gasteiger partial charge in [0, 0.05) is 47.0 Å². The van der Waals surface area contributed by atoms with E-state index in [1.165, 1.54) is 84.9 Å². The summed E-state index contributed by atoms with van der Waals surface area (Å²) in [5.74, 6) is 0. The Bertz CT molecular complexity index is 3160. The third-order valence-corrected chi connectivity index (χ3v) is 13.4. The Labute approximate surface area is 340 Å². The summed E-state index contributed by atoms with van der Waals surface area (Å²) < 4.78 is 5.20. The molecule has 0 atom stereocenters. The van der Waals surface area contributed by atoms with Crippen LogP contribution in [0.3, 0.4) is 0 Å². The summed E-state index contributed by atoms with van der Waals surface area (Å²) in [6.07, 6.45) is 0. The Morgan fingerprint density at radius 1 is 0.298 bits per heavy atom. The van der Waals surface area contributed by atoms with Gasteiger partial charge in [0.1, 0.15) is 0 Å². The van der Waals surface area contributed by atoms with E-state index in [1.54, 1.807) is 0 Å². The number of nitrogens with zero attached hydrogens (tertiary/aromatic N) is 1. The standard InChI is InChI=1S/C54H35NS2/c1-4-14-36(15-5-1)41-32-42(37-16-6-2-7-17-37)34-44(33-41)55(43-27-24-38(25-28-43)40-26-31-52-48(35-40)46-20-10-12-22-50(46)56-52)49-30-29-45(39-18-8-3-9-19-39)53-47-21-11-13-23-51(47)57-54(49)53/h1-35H. The van der Waals surface area contributed by atoms with Gasteiger partial charge in [0.15, 0.2) is 0 Å². The van der Waals surface area contributed by atoms with Gasteiger partial charge in [-0.1, -0.05) is 152 Å². The first-order valence-electron chi connectivity index (χ1n) is 19.3. The molecule has 0 saturated heterocycles. The Morgan fingerprint density at radius 3 is 1.49 bits per heavy atom. The summed E-state index contributed by atoms with van der Waals surface area (Å²) in [5.41, 5.74) is 13.0. The van der Waals surface area contributed by atoms with Gasteiger partial charge in [-0.2, -0.15) is 0 Å². The first-order valence-corrected chi connectivity index (χ1v) is 21.0. The summed E-state index contributed by atoms with van der Waals surface area (Å²) in [6.45, 7) is 0. The van der Waals surface area contributed by atoms with Crippen LogP contribution in [0.5, 0.6) is 0 Å². The Morgan fingerprint density at radius 2 is 0.825 bits per heavy atom. The van der Waals surface area contributed by atoms with Gasteiger partial charge in [0.2, 0.25) is 0 Å². The largest absolute Gasteiger partial charge is 0.309 e. The van der Waals surface area contributed by atoms with Crippen LogP contribution in [0.4, 0.5) is 17.1 Å². The lowest BCUT2D eigenvalue weighted by Gasteiger charge is -2.28. The van der Waals surface area contributed by atoms with E-state index in [9.17, 15) is 0 Å². The molecule has 2 aromatic heterocycles. The van der Waals surface area contributed by atoms with Gasteiger partial charge in [-0.05, 0) is 105 Å². The van der Waals surface area contributed by atoms with Gasteiger partial charge in [0.25, 0.3) is 0 Å². The molecule has 0 spiro atoms. The van der Waals surface area contributed by atoms with Crippen LogP contribution in [0, 0.1) is 0 Å². The molecule has 11 aromatic rings. The first-order chi connectivity index (χ1) is 28.2. The molecular formula is C54H35NS2. The Kier molecular flexibility index (Phi) is 8.28. The fourth-order valence-electron chi connectivity index (χ4n) is 8.32. The van der Waals surface area contributed by atoms with Crippen molar-refractivity contribution >= 4 is 80.1 Å². The Hall–Kier alpha value is -6.78. The summed E-state index contributed by atoms with van der Waals surface area (Å²) in [4.78, 5) is 2.48. The molecule has 0 N–H and O–H groups in total. The van der Waals surface area contributed by atoms with Crippen molar-refractivity contribution in [1.29, 1.82) is 0 Å². The molecule has 3 heteroatoms. The van der Waals surface area contributed by atoms with Crippen molar-refractivity contribution in [2.75, 3.05) is 4.90 Å². The van der Waals surface area contributed by atoms with E-state index in [4.69, 9.17) is 0 Å². The van der Waals surface area contributed by atoms with Gasteiger partial charge < -0.3 is 4.90 Å². The number of hydrogen-bond acceptors (Lipinski definition) is 3. The highest BCUT2D eigenvalue weighted by atomic mass is 32.1. The van der Waals surface area contributed by atoms with Crippen LogP contribution in [0.2, 0.25) is 0 Å². The highest BCUT2D eigenvalue weighted by molar-refractivity contribution is 7.26. The van der Waals surface area contributed by atoms with E-state index in [-0.39, 0.29) is 0 Å². The lowest BCUT2D eigenvalue weighted by Crippen LogP contribution is -2.10. The van der Waals surface area contributed by atoms with Gasteiger partial charge in [0.05, 0.1) is 10.4 Å². The summed E-state index contributed by atoms with van der Waals surface area (Å²) in [6, 6.07) is 77.7. The number of thiophene rings is 2. The van der Waals surface area contributed by atoms with Crippen LogP contribution < -0.4 is 4.90 Å². The van der Waals surface area contributed by atoms with Crippen LogP contribution in [-0.4, -0.2) is 0 Å². The minimum Gasteiger partial charge on any atom is -0.309 e. The van der Waals surface area contributed by atoms with E-state index >= 15 is 0 Å². The molecule has 0 amide bonds. The molecule has 57 heavy (non-hydrogen) atoms. The third kappa shape index (κ3) is 6.00. The fourth-order valence-corrected chi connectivity index (χ4v) is 10.6. The number of fused-ring (bicyclic) bond motifs is 6. The van der Waals surface area contributed by atoms with E-state index in [0.29, 0.717) is 0 Å². The molecule has 0 unspecified atom stereocenters. The molecule has 0 fully saturated rings. The van der Waals surface area contributed by atoms with Gasteiger partial charge in [-0.25, -0.2) is 0 Å². The maximum Gasteiger partial charge on any atom is 0.0640 e. The zero-order valence-electron chi connectivity index (χ0n) is 31.0. The number of benzene rings is 9. The molecule has 0 saturated carbocycles. The van der Waals surface area contributed by atoms with Crippen molar-refractivity contribution in [3.8, 4) is 44.5 Å². The second kappa shape index (κ2) is 14.1. The van der Waals surface area contributed by atoms with Crippen molar-refractivity contribution in [1.82, 2.24) is 0 Å². The van der Waals surface area contributed by atoms with Crippen molar-refractivity contribution in [2.24, 2.45) is 0 Å². The molecule has 0 bridgehead atoms. The van der Waals surface area contributed by atoms with Crippen molar-refractivity contribution in [3.05, 3.63) is 212 Å². The monoisotopic (exact) mass is 761 g/mol. The van der Waals surface area contributed by atoms with E-state index in [0.717, 1.165) is 17.1 Å². The Balaban J connectivity index is 1.14. The second-order valence-electron chi connectivity index (χ2n) is 14.5. The number of rotatable bonds is 7. The lowest BCUT2D eigenvalue weighted by atomic mass is 9.96. The predicted octanol–water partition coefficient (Wildman–Crippen LogP) is 16.6. The molecule has 0 aliphatic rings. The van der Waals surface area contributed by atoms with Crippen molar-refractivity contribution in [2.45, 2.75) is 0 Å². The predicted molar refractivity (Wildman–Crippen MR) is 249 cm³/mol. The summed E-state index contributed by atoms with van der Waals surface area (Å²) in [7, 11) is 0. The molecule has 0 aliphatic heterocycles. The normalized spacial score (nSPS) is 11.5. The average molecular weight is 762 g/mol.